The molecule has 28 heavy (non-hydrogen) atoms. The van der Waals surface area contributed by atoms with Crippen LogP contribution in [0.1, 0.15) is 45.7 Å². The van der Waals surface area contributed by atoms with E-state index < -0.39 is 0 Å². The number of aromatic nitrogens is 1. The Hall–Kier alpha value is -1.41. The van der Waals surface area contributed by atoms with Gasteiger partial charge in [-0.15, -0.1) is 24.0 Å². The van der Waals surface area contributed by atoms with Crippen molar-refractivity contribution in [1.29, 1.82) is 0 Å². The van der Waals surface area contributed by atoms with Gasteiger partial charge in [-0.3, -0.25) is 9.88 Å². The van der Waals surface area contributed by atoms with Crippen molar-refractivity contribution in [2.75, 3.05) is 26.2 Å². The first-order valence-corrected chi connectivity index (χ1v) is 10.2. The van der Waals surface area contributed by atoms with Crippen molar-refractivity contribution in [3.63, 3.8) is 0 Å². The third kappa shape index (κ3) is 6.04. The Morgan fingerprint density at radius 2 is 1.86 bits per heavy atom. The minimum absolute atomic E-state index is 0. The van der Waals surface area contributed by atoms with Gasteiger partial charge in [-0.25, -0.2) is 4.99 Å². The molecule has 0 radical (unpaired) electrons. The summed E-state index contributed by atoms with van der Waals surface area (Å²) in [6, 6.07) is 10.4. The van der Waals surface area contributed by atoms with E-state index in [1.807, 2.05) is 12.3 Å². The van der Waals surface area contributed by atoms with E-state index in [9.17, 15) is 0 Å². The van der Waals surface area contributed by atoms with Crippen LogP contribution in [0.3, 0.4) is 0 Å². The fourth-order valence-electron chi connectivity index (χ4n) is 3.71. The zero-order valence-electron chi connectivity index (χ0n) is 17.4. The highest BCUT2D eigenvalue weighted by atomic mass is 127. The summed E-state index contributed by atoms with van der Waals surface area (Å²) in [7, 11) is 0. The van der Waals surface area contributed by atoms with Gasteiger partial charge in [0.15, 0.2) is 5.96 Å². The second-order valence-electron chi connectivity index (χ2n) is 7.89. The Morgan fingerprint density at radius 1 is 1.11 bits per heavy atom. The maximum absolute atomic E-state index is 4.80. The summed E-state index contributed by atoms with van der Waals surface area (Å²) >= 11 is 0. The standard InChI is InChI=1S/C22H33N5.HI/c1-4-23-21(26-17-22(2,3)27-14-8-5-9-15-27)25-16-20-19-11-7-6-10-18(19)12-13-24-20;/h6-7,10-13H,4-5,8-9,14-17H2,1-3H3,(H2,23,25,26);1H. The molecule has 0 saturated carbocycles. The van der Waals surface area contributed by atoms with E-state index in [0.717, 1.165) is 24.7 Å². The Bertz CT molecular complexity index is 763. The van der Waals surface area contributed by atoms with Gasteiger partial charge in [0, 0.05) is 30.2 Å². The number of piperidine rings is 1. The molecule has 2 heterocycles. The van der Waals surface area contributed by atoms with Gasteiger partial charge >= 0.3 is 0 Å². The van der Waals surface area contributed by atoms with E-state index in [4.69, 9.17) is 4.99 Å². The average Bonchev–Trinajstić information content (AvgIpc) is 2.71. The molecular formula is C22H34IN5. The van der Waals surface area contributed by atoms with Crippen LogP contribution in [0.2, 0.25) is 0 Å². The molecule has 0 spiro atoms. The van der Waals surface area contributed by atoms with Crippen LogP contribution in [0, 0.1) is 0 Å². The molecule has 0 unspecified atom stereocenters. The zero-order chi connectivity index (χ0) is 19.1. The van der Waals surface area contributed by atoms with Gasteiger partial charge < -0.3 is 10.6 Å². The van der Waals surface area contributed by atoms with Crippen molar-refractivity contribution in [3.8, 4) is 0 Å². The molecule has 0 bridgehead atoms. The number of aliphatic imine (C=N–C) groups is 1. The molecule has 6 heteroatoms. The monoisotopic (exact) mass is 495 g/mol. The molecule has 2 N–H and O–H groups in total. The van der Waals surface area contributed by atoms with E-state index in [-0.39, 0.29) is 29.5 Å². The number of pyridine rings is 1. The summed E-state index contributed by atoms with van der Waals surface area (Å²) in [4.78, 5) is 11.9. The number of nitrogens with zero attached hydrogens (tertiary/aromatic N) is 3. The van der Waals surface area contributed by atoms with Crippen LogP contribution in [-0.4, -0.2) is 47.6 Å². The van der Waals surface area contributed by atoms with Crippen LogP contribution in [0.25, 0.3) is 10.8 Å². The first kappa shape index (κ1) is 22.9. The highest BCUT2D eigenvalue weighted by molar-refractivity contribution is 14.0. The van der Waals surface area contributed by atoms with E-state index in [0.29, 0.717) is 6.54 Å². The lowest BCUT2D eigenvalue weighted by Gasteiger charge is -2.41. The van der Waals surface area contributed by atoms with Crippen LogP contribution >= 0.6 is 24.0 Å². The molecule has 1 saturated heterocycles. The molecule has 0 atom stereocenters. The topological polar surface area (TPSA) is 52.6 Å². The summed E-state index contributed by atoms with van der Waals surface area (Å²) in [6.45, 7) is 11.4. The number of nitrogens with one attached hydrogen (secondary N) is 2. The zero-order valence-corrected chi connectivity index (χ0v) is 19.7. The number of likely N-dealkylation sites (tertiary alicyclic amines) is 1. The first-order valence-electron chi connectivity index (χ1n) is 10.2. The van der Waals surface area contributed by atoms with Gasteiger partial charge in [-0.05, 0) is 58.2 Å². The molecule has 2 aromatic rings. The summed E-state index contributed by atoms with van der Waals surface area (Å²) in [5, 5.41) is 9.30. The van der Waals surface area contributed by atoms with E-state index in [1.165, 1.54) is 43.1 Å². The van der Waals surface area contributed by atoms with Crippen LogP contribution in [0.4, 0.5) is 0 Å². The van der Waals surface area contributed by atoms with Gasteiger partial charge in [0.05, 0.1) is 12.2 Å². The number of benzene rings is 1. The van der Waals surface area contributed by atoms with Crippen molar-refractivity contribution in [2.45, 2.75) is 52.1 Å². The molecule has 1 aliphatic heterocycles. The number of hydrogen-bond acceptors (Lipinski definition) is 3. The Labute approximate surface area is 186 Å². The molecule has 1 aliphatic rings. The highest BCUT2D eigenvalue weighted by Gasteiger charge is 2.27. The van der Waals surface area contributed by atoms with Crippen molar-refractivity contribution in [3.05, 3.63) is 42.2 Å². The summed E-state index contributed by atoms with van der Waals surface area (Å²) in [5.74, 6) is 0.859. The summed E-state index contributed by atoms with van der Waals surface area (Å²) < 4.78 is 0. The molecule has 0 amide bonds. The maximum atomic E-state index is 4.80. The first-order chi connectivity index (χ1) is 13.1. The second kappa shape index (κ2) is 11.0. The van der Waals surface area contributed by atoms with Crippen molar-refractivity contribution in [2.24, 2.45) is 4.99 Å². The van der Waals surface area contributed by atoms with Gasteiger partial charge in [0.25, 0.3) is 0 Å². The molecule has 3 rings (SSSR count). The third-order valence-corrected chi connectivity index (χ3v) is 5.39. The average molecular weight is 495 g/mol. The third-order valence-electron chi connectivity index (χ3n) is 5.39. The Balaban J connectivity index is 0.00000280. The largest absolute Gasteiger partial charge is 0.357 e. The Morgan fingerprint density at radius 3 is 2.61 bits per heavy atom. The molecule has 1 aromatic carbocycles. The molecule has 5 nitrogen and oxygen atoms in total. The van der Waals surface area contributed by atoms with Crippen LogP contribution < -0.4 is 10.6 Å². The normalized spacial score (nSPS) is 15.9. The quantitative estimate of drug-likeness (QED) is 0.359. The molecule has 1 aromatic heterocycles. The molecule has 154 valence electrons. The fraction of sp³-hybridized carbons (Fsp3) is 0.545. The SMILES string of the molecule is CCNC(=NCc1nccc2ccccc12)NCC(C)(C)N1CCCCC1.I. The van der Waals surface area contributed by atoms with Crippen LogP contribution in [0.15, 0.2) is 41.5 Å². The molecule has 1 fully saturated rings. The molecular weight excluding hydrogens is 461 g/mol. The lowest BCUT2D eigenvalue weighted by Crippen LogP contribution is -2.54. The molecule has 0 aliphatic carbocycles. The predicted octanol–water partition coefficient (Wildman–Crippen LogP) is 4.17. The number of rotatable bonds is 6. The number of halogens is 1. The van der Waals surface area contributed by atoms with Gasteiger partial charge in [0.1, 0.15) is 0 Å². The lowest BCUT2D eigenvalue weighted by atomic mass is 9.98. The van der Waals surface area contributed by atoms with Crippen LogP contribution in [0.5, 0.6) is 0 Å². The maximum Gasteiger partial charge on any atom is 0.191 e. The van der Waals surface area contributed by atoms with E-state index in [1.54, 1.807) is 0 Å². The Kier molecular flexibility index (Phi) is 8.95. The van der Waals surface area contributed by atoms with Crippen molar-refractivity contribution >= 4 is 40.7 Å². The minimum atomic E-state index is 0. The van der Waals surface area contributed by atoms with E-state index >= 15 is 0 Å². The second-order valence-corrected chi connectivity index (χ2v) is 7.89. The van der Waals surface area contributed by atoms with Gasteiger partial charge in [-0.2, -0.15) is 0 Å². The number of guanidine groups is 1. The van der Waals surface area contributed by atoms with Crippen molar-refractivity contribution < 1.29 is 0 Å². The minimum Gasteiger partial charge on any atom is -0.357 e. The van der Waals surface area contributed by atoms with E-state index in [2.05, 4.69) is 65.6 Å². The fourth-order valence-corrected chi connectivity index (χ4v) is 3.71. The van der Waals surface area contributed by atoms with Gasteiger partial charge in [-0.1, -0.05) is 30.7 Å². The predicted molar refractivity (Wildman–Crippen MR) is 129 cm³/mol. The van der Waals surface area contributed by atoms with Crippen LogP contribution in [-0.2, 0) is 6.54 Å². The summed E-state index contributed by atoms with van der Waals surface area (Å²) in [5.41, 5.74) is 1.13. The highest BCUT2D eigenvalue weighted by Crippen LogP contribution is 2.20. The number of hydrogen-bond donors (Lipinski definition) is 2. The van der Waals surface area contributed by atoms with Gasteiger partial charge in [0.2, 0.25) is 0 Å². The smallest absolute Gasteiger partial charge is 0.191 e. The lowest BCUT2D eigenvalue weighted by molar-refractivity contribution is 0.0982. The van der Waals surface area contributed by atoms with Crippen molar-refractivity contribution in [1.82, 2.24) is 20.5 Å². The number of fused-ring (bicyclic) bond motifs is 1. The summed E-state index contributed by atoms with van der Waals surface area (Å²) in [6.07, 6.45) is 5.85.